The summed E-state index contributed by atoms with van der Waals surface area (Å²) in [5, 5.41) is 6.84. The number of nitrogens with zero attached hydrogens (tertiary/aromatic N) is 1. The van der Waals surface area contributed by atoms with Crippen LogP contribution in [-0.2, 0) is 32.2 Å². The number of rotatable bonds is 8. The van der Waals surface area contributed by atoms with Gasteiger partial charge in [-0.3, -0.25) is 14.4 Å². The third-order valence-electron chi connectivity index (χ3n) is 9.17. The minimum atomic E-state index is -1.22. The highest BCUT2D eigenvalue weighted by atomic mass is 35.5. The van der Waals surface area contributed by atoms with Crippen LogP contribution in [0.3, 0.4) is 0 Å². The van der Waals surface area contributed by atoms with E-state index in [1.165, 1.54) is 6.42 Å². The molecular weight excluding hydrogens is 542 g/mol. The van der Waals surface area contributed by atoms with Gasteiger partial charge in [0.1, 0.15) is 17.4 Å². The van der Waals surface area contributed by atoms with Gasteiger partial charge in [-0.15, -0.1) is 0 Å². The van der Waals surface area contributed by atoms with Crippen LogP contribution in [0.2, 0.25) is 5.02 Å². The van der Waals surface area contributed by atoms with Crippen LogP contribution in [-0.4, -0.2) is 53.0 Å². The summed E-state index contributed by atoms with van der Waals surface area (Å²) in [4.78, 5) is 43.7. The molecule has 2 saturated heterocycles. The molecule has 9 heteroatoms. The zero-order valence-electron chi connectivity index (χ0n) is 23.4. The molecule has 0 aromatic heterocycles. The average molecular weight is 578 g/mol. The first kappa shape index (κ1) is 27.8. The number of methoxy groups -OCH3 is 1. The van der Waals surface area contributed by atoms with E-state index in [2.05, 4.69) is 10.6 Å². The zero-order valence-corrected chi connectivity index (χ0v) is 24.2. The second kappa shape index (κ2) is 10.8. The Morgan fingerprint density at radius 1 is 1.00 bits per heavy atom. The summed E-state index contributed by atoms with van der Waals surface area (Å²) in [5.74, 6) is -1.61. The molecule has 6 rings (SSSR count). The first-order chi connectivity index (χ1) is 19.7. The normalized spacial score (nSPS) is 30.4. The third-order valence-corrected chi connectivity index (χ3v) is 9.42. The molecule has 8 nitrogen and oxygen atoms in total. The van der Waals surface area contributed by atoms with Gasteiger partial charge in [-0.1, -0.05) is 67.3 Å². The lowest BCUT2D eigenvalue weighted by atomic mass is 9.70. The fourth-order valence-electron chi connectivity index (χ4n) is 7.16. The Labute approximate surface area is 245 Å². The molecule has 1 saturated carbocycles. The lowest BCUT2D eigenvalue weighted by molar-refractivity contribution is -0.145. The van der Waals surface area contributed by atoms with Gasteiger partial charge in [-0.05, 0) is 55.2 Å². The Hall–Kier alpha value is -3.36. The number of carbonyl (C=O) groups is 3. The van der Waals surface area contributed by atoms with Crippen molar-refractivity contribution in [3.63, 3.8) is 0 Å². The van der Waals surface area contributed by atoms with Gasteiger partial charge in [0.25, 0.3) is 0 Å². The van der Waals surface area contributed by atoms with E-state index in [9.17, 15) is 14.4 Å². The molecule has 216 valence electrons. The number of hydrogen-bond acceptors (Lipinski definition) is 5. The highest BCUT2D eigenvalue weighted by Crippen LogP contribution is 2.59. The van der Waals surface area contributed by atoms with Gasteiger partial charge in [0, 0.05) is 24.2 Å². The molecule has 41 heavy (non-hydrogen) atoms. The zero-order chi connectivity index (χ0) is 28.8. The predicted molar refractivity (Wildman–Crippen MR) is 154 cm³/mol. The molecule has 1 aliphatic carbocycles. The van der Waals surface area contributed by atoms with Crippen LogP contribution in [0.5, 0.6) is 5.75 Å². The third kappa shape index (κ3) is 4.91. The molecule has 2 N–H and O–H groups in total. The Balaban J connectivity index is 1.29. The number of halogens is 1. The molecule has 1 spiro atoms. The van der Waals surface area contributed by atoms with E-state index in [1.807, 2.05) is 55.5 Å². The Kier molecular flexibility index (Phi) is 7.32. The van der Waals surface area contributed by atoms with Crippen molar-refractivity contribution < 1.29 is 23.9 Å². The van der Waals surface area contributed by atoms with Crippen molar-refractivity contribution >= 4 is 29.3 Å². The predicted octanol–water partition coefficient (Wildman–Crippen LogP) is 4.15. The molecule has 3 amide bonds. The first-order valence-corrected chi connectivity index (χ1v) is 14.8. The second-order valence-electron chi connectivity index (χ2n) is 11.8. The van der Waals surface area contributed by atoms with E-state index in [-0.39, 0.29) is 30.3 Å². The summed E-state index contributed by atoms with van der Waals surface area (Å²) >= 11 is 6.11. The first-order valence-electron chi connectivity index (χ1n) is 14.4. The summed E-state index contributed by atoms with van der Waals surface area (Å²) in [7, 11) is 1.60. The van der Waals surface area contributed by atoms with Crippen molar-refractivity contribution in [1.29, 1.82) is 0 Å². The minimum absolute atomic E-state index is 0.0703. The largest absolute Gasteiger partial charge is 0.497 e. The van der Waals surface area contributed by atoms with Crippen LogP contribution >= 0.6 is 11.6 Å². The Bertz CT molecular complexity index is 1360. The molecule has 5 atom stereocenters. The van der Waals surface area contributed by atoms with E-state index < -0.39 is 29.1 Å². The van der Waals surface area contributed by atoms with Gasteiger partial charge < -0.3 is 25.0 Å². The van der Waals surface area contributed by atoms with Crippen LogP contribution in [0.1, 0.15) is 50.2 Å². The van der Waals surface area contributed by atoms with Crippen LogP contribution in [0.25, 0.3) is 0 Å². The van der Waals surface area contributed by atoms with Crippen LogP contribution < -0.4 is 15.4 Å². The van der Waals surface area contributed by atoms with Crippen molar-refractivity contribution in [3.8, 4) is 5.75 Å². The smallest absolute Gasteiger partial charge is 0.246 e. The summed E-state index contributed by atoms with van der Waals surface area (Å²) < 4.78 is 11.9. The van der Waals surface area contributed by atoms with Crippen molar-refractivity contribution in [2.24, 2.45) is 11.8 Å². The van der Waals surface area contributed by atoms with E-state index in [1.54, 1.807) is 24.1 Å². The number of nitrogens with one attached hydrogen (secondary N) is 2. The van der Waals surface area contributed by atoms with Gasteiger partial charge in [0.05, 0.1) is 24.5 Å². The Morgan fingerprint density at radius 2 is 1.68 bits per heavy atom. The second-order valence-corrected chi connectivity index (χ2v) is 12.3. The molecule has 3 heterocycles. The monoisotopic (exact) mass is 577 g/mol. The molecule has 0 unspecified atom stereocenters. The van der Waals surface area contributed by atoms with Crippen molar-refractivity contribution in [3.05, 3.63) is 76.8 Å². The quantitative estimate of drug-likeness (QED) is 0.459. The van der Waals surface area contributed by atoms with Gasteiger partial charge in [-0.2, -0.15) is 0 Å². The van der Waals surface area contributed by atoms with Crippen LogP contribution in [0, 0.1) is 11.8 Å². The maximum absolute atomic E-state index is 14.3. The van der Waals surface area contributed by atoms with Gasteiger partial charge in [-0.25, -0.2) is 0 Å². The minimum Gasteiger partial charge on any atom is -0.497 e. The van der Waals surface area contributed by atoms with Crippen LogP contribution in [0.15, 0.2) is 60.7 Å². The number of benzene rings is 2. The molecule has 2 aromatic carbocycles. The van der Waals surface area contributed by atoms with Gasteiger partial charge >= 0.3 is 0 Å². The summed E-state index contributed by atoms with van der Waals surface area (Å²) in [6, 6.07) is 13.9. The Morgan fingerprint density at radius 3 is 2.37 bits per heavy atom. The van der Waals surface area contributed by atoms with E-state index in [4.69, 9.17) is 21.1 Å². The lowest BCUT2D eigenvalue weighted by Gasteiger charge is -2.34. The number of carbonyl (C=O) groups excluding carboxylic acids is 3. The molecule has 3 fully saturated rings. The van der Waals surface area contributed by atoms with Crippen LogP contribution in [0.4, 0.5) is 0 Å². The molecule has 4 aliphatic rings. The SMILES string of the molecule is COc1ccc(CNC(=O)[C@H]2[C@H]3C(=O)N(Cc4ccc(Cl)cc4)[C@H](C(=O)NC4CCCCC4)[C@@]34C=C[C@]2(C)O4)cc1. The topological polar surface area (TPSA) is 97.0 Å². The number of ether oxygens (including phenoxy) is 2. The number of fused-ring (bicyclic) bond motifs is 1. The fraction of sp³-hybridized carbons (Fsp3) is 0.469. The van der Waals surface area contributed by atoms with Crippen molar-refractivity contribution in [2.45, 2.75) is 75.4 Å². The van der Waals surface area contributed by atoms with E-state index >= 15 is 0 Å². The average Bonchev–Trinajstić information content (AvgIpc) is 3.54. The van der Waals surface area contributed by atoms with Crippen molar-refractivity contribution in [2.75, 3.05) is 7.11 Å². The van der Waals surface area contributed by atoms with E-state index in [0.29, 0.717) is 11.6 Å². The molecule has 2 aromatic rings. The molecular formula is C32H36ClN3O5. The molecule has 2 bridgehead atoms. The maximum atomic E-state index is 14.3. The lowest BCUT2D eigenvalue weighted by Crippen LogP contribution is -2.56. The summed E-state index contributed by atoms with van der Waals surface area (Å²) in [5.41, 5.74) is -0.468. The molecule has 3 aliphatic heterocycles. The summed E-state index contributed by atoms with van der Waals surface area (Å²) in [6.07, 6.45) is 8.87. The standard InChI is InChI=1S/C32H36ClN3O5/c1-31-16-17-32(41-31)26(25(31)28(37)34-18-20-10-14-24(40-2)15-11-20)30(39)36(19-21-8-12-22(33)13-9-21)27(32)29(38)35-23-6-4-3-5-7-23/h8-17,23,25-27H,3-7,18-19H2,1-2H3,(H,34,37)(H,35,38)/t25-,26+,27-,31+,32-/m1/s1. The van der Waals surface area contributed by atoms with Gasteiger partial charge in [0.2, 0.25) is 17.7 Å². The maximum Gasteiger partial charge on any atom is 0.246 e. The fourth-order valence-corrected chi connectivity index (χ4v) is 7.28. The van der Waals surface area contributed by atoms with Gasteiger partial charge in [0.15, 0.2) is 0 Å². The van der Waals surface area contributed by atoms with Crippen molar-refractivity contribution in [1.82, 2.24) is 15.5 Å². The number of likely N-dealkylation sites (tertiary alicyclic amines) is 1. The number of amides is 3. The highest BCUT2D eigenvalue weighted by Gasteiger charge is 2.76. The van der Waals surface area contributed by atoms with E-state index in [0.717, 1.165) is 42.6 Å². The number of hydrogen-bond donors (Lipinski definition) is 2. The molecule has 0 radical (unpaired) electrons. The summed E-state index contributed by atoms with van der Waals surface area (Å²) in [6.45, 7) is 2.35. The highest BCUT2D eigenvalue weighted by molar-refractivity contribution is 6.30.